The van der Waals surface area contributed by atoms with Crippen LogP contribution >= 0.6 is 0 Å². The predicted octanol–water partition coefficient (Wildman–Crippen LogP) is 3.22. The van der Waals surface area contributed by atoms with Crippen LogP contribution in [0.25, 0.3) is 0 Å². The van der Waals surface area contributed by atoms with Crippen LogP contribution in [0.15, 0.2) is 42.5 Å². The normalized spacial score (nSPS) is 10.9. The monoisotopic (exact) mass is 281 g/mol. The molecule has 0 atom stereocenters. The third-order valence-corrected chi connectivity index (χ3v) is 3.64. The molecule has 2 rings (SSSR count). The highest BCUT2D eigenvalue weighted by molar-refractivity contribution is 5.95. The topological polar surface area (TPSA) is 53.1 Å². The van der Waals surface area contributed by atoms with Crippen LogP contribution in [0.5, 0.6) is 0 Å². The SMILES string of the molecule is Cc1ccc(C)c(CN(C)Cc2cccc(C(=N)N)c2)c1. The third kappa shape index (κ3) is 4.17. The zero-order valence-corrected chi connectivity index (χ0v) is 13.0. The van der Waals surface area contributed by atoms with Crippen molar-refractivity contribution in [2.45, 2.75) is 26.9 Å². The predicted molar refractivity (Wildman–Crippen MR) is 88.5 cm³/mol. The molecule has 110 valence electrons. The number of nitrogens with zero attached hydrogens (tertiary/aromatic N) is 1. The summed E-state index contributed by atoms with van der Waals surface area (Å²) in [6.07, 6.45) is 0. The molecule has 3 heteroatoms. The molecule has 21 heavy (non-hydrogen) atoms. The molecule has 0 fully saturated rings. The number of aryl methyl sites for hydroxylation is 2. The van der Waals surface area contributed by atoms with Crippen molar-refractivity contribution in [3.05, 3.63) is 70.3 Å². The maximum Gasteiger partial charge on any atom is 0.122 e. The van der Waals surface area contributed by atoms with Gasteiger partial charge in [0.05, 0.1) is 0 Å². The van der Waals surface area contributed by atoms with Gasteiger partial charge >= 0.3 is 0 Å². The number of amidine groups is 1. The smallest absolute Gasteiger partial charge is 0.122 e. The molecule has 0 radical (unpaired) electrons. The molecule has 0 saturated heterocycles. The van der Waals surface area contributed by atoms with E-state index in [9.17, 15) is 0 Å². The summed E-state index contributed by atoms with van der Waals surface area (Å²) in [6.45, 7) is 6.03. The highest BCUT2D eigenvalue weighted by Crippen LogP contribution is 2.14. The van der Waals surface area contributed by atoms with E-state index in [4.69, 9.17) is 11.1 Å². The van der Waals surface area contributed by atoms with Crippen LogP contribution in [-0.4, -0.2) is 17.8 Å². The molecular formula is C18H23N3. The molecule has 3 nitrogen and oxygen atoms in total. The van der Waals surface area contributed by atoms with Crippen LogP contribution in [-0.2, 0) is 13.1 Å². The number of rotatable bonds is 5. The highest BCUT2D eigenvalue weighted by atomic mass is 15.1. The molecular weight excluding hydrogens is 258 g/mol. The van der Waals surface area contributed by atoms with Gasteiger partial charge in [0.25, 0.3) is 0 Å². The van der Waals surface area contributed by atoms with Gasteiger partial charge in [0, 0.05) is 18.7 Å². The van der Waals surface area contributed by atoms with E-state index in [0.29, 0.717) is 0 Å². The Kier molecular flexibility index (Phi) is 4.76. The molecule has 2 aromatic rings. The Balaban J connectivity index is 2.08. The van der Waals surface area contributed by atoms with Crippen molar-refractivity contribution in [1.82, 2.24) is 4.90 Å². The van der Waals surface area contributed by atoms with Gasteiger partial charge in [-0.3, -0.25) is 10.3 Å². The Labute approximate surface area is 126 Å². The summed E-state index contributed by atoms with van der Waals surface area (Å²) >= 11 is 0. The van der Waals surface area contributed by atoms with Gasteiger partial charge in [-0.15, -0.1) is 0 Å². The molecule has 0 heterocycles. The van der Waals surface area contributed by atoms with Crippen LogP contribution in [0.3, 0.4) is 0 Å². The van der Waals surface area contributed by atoms with Gasteiger partial charge in [0.1, 0.15) is 5.84 Å². The van der Waals surface area contributed by atoms with Gasteiger partial charge in [-0.1, -0.05) is 42.0 Å². The van der Waals surface area contributed by atoms with E-state index >= 15 is 0 Å². The first kappa shape index (κ1) is 15.3. The highest BCUT2D eigenvalue weighted by Gasteiger charge is 2.06. The third-order valence-electron chi connectivity index (χ3n) is 3.64. The van der Waals surface area contributed by atoms with Crippen LogP contribution in [0.2, 0.25) is 0 Å². The maximum absolute atomic E-state index is 7.51. The molecule has 0 aliphatic heterocycles. The van der Waals surface area contributed by atoms with E-state index < -0.39 is 0 Å². The van der Waals surface area contributed by atoms with Crippen LogP contribution in [0.1, 0.15) is 27.8 Å². The van der Waals surface area contributed by atoms with E-state index in [0.717, 1.165) is 18.7 Å². The fourth-order valence-corrected chi connectivity index (χ4v) is 2.47. The quantitative estimate of drug-likeness (QED) is 0.653. The minimum Gasteiger partial charge on any atom is -0.384 e. The first-order valence-electron chi connectivity index (χ1n) is 7.13. The van der Waals surface area contributed by atoms with Gasteiger partial charge < -0.3 is 5.73 Å². The minimum atomic E-state index is 0.119. The molecule has 0 spiro atoms. The molecule has 3 N–H and O–H groups in total. The lowest BCUT2D eigenvalue weighted by Crippen LogP contribution is -2.18. The lowest BCUT2D eigenvalue weighted by Gasteiger charge is -2.19. The maximum atomic E-state index is 7.51. The molecule has 0 aliphatic carbocycles. The standard InChI is InChI=1S/C18H23N3/c1-13-7-8-14(2)17(9-13)12-21(3)11-15-5-4-6-16(10-15)18(19)20/h4-10H,11-12H2,1-3H3,(H3,19,20). The van der Waals surface area contributed by atoms with Crippen molar-refractivity contribution in [2.75, 3.05) is 7.05 Å². The Morgan fingerprint density at radius 1 is 1.10 bits per heavy atom. The number of hydrogen-bond donors (Lipinski definition) is 2. The molecule has 0 saturated carbocycles. The number of benzene rings is 2. The summed E-state index contributed by atoms with van der Waals surface area (Å²) in [5.74, 6) is 0.119. The zero-order valence-electron chi connectivity index (χ0n) is 13.0. The molecule has 0 amide bonds. The van der Waals surface area contributed by atoms with Crippen molar-refractivity contribution in [2.24, 2.45) is 5.73 Å². The number of nitrogens with one attached hydrogen (secondary N) is 1. The van der Waals surface area contributed by atoms with Gasteiger partial charge in [-0.25, -0.2) is 0 Å². The Morgan fingerprint density at radius 3 is 2.57 bits per heavy atom. The average molecular weight is 281 g/mol. The van der Waals surface area contributed by atoms with E-state index in [2.05, 4.69) is 50.1 Å². The lowest BCUT2D eigenvalue weighted by molar-refractivity contribution is 0.318. The second-order valence-electron chi connectivity index (χ2n) is 5.72. The van der Waals surface area contributed by atoms with E-state index in [1.807, 2.05) is 18.2 Å². The van der Waals surface area contributed by atoms with Crippen molar-refractivity contribution in [3.63, 3.8) is 0 Å². The first-order valence-corrected chi connectivity index (χ1v) is 7.13. The number of nitrogens with two attached hydrogens (primary N) is 1. The summed E-state index contributed by atoms with van der Waals surface area (Å²) in [6, 6.07) is 14.5. The molecule has 0 aliphatic rings. The molecule has 0 unspecified atom stereocenters. The van der Waals surface area contributed by atoms with Gasteiger partial charge in [-0.2, -0.15) is 0 Å². The Bertz CT molecular complexity index is 647. The fraction of sp³-hybridized carbons (Fsp3) is 0.278. The van der Waals surface area contributed by atoms with E-state index in [1.165, 1.54) is 22.3 Å². The summed E-state index contributed by atoms with van der Waals surface area (Å²) in [5, 5.41) is 7.51. The Hall–Kier alpha value is -2.13. The summed E-state index contributed by atoms with van der Waals surface area (Å²) in [7, 11) is 2.11. The van der Waals surface area contributed by atoms with Gasteiger partial charge in [0.15, 0.2) is 0 Å². The van der Waals surface area contributed by atoms with E-state index in [-0.39, 0.29) is 5.84 Å². The van der Waals surface area contributed by atoms with Gasteiger partial charge in [0.2, 0.25) is 0 Å². The van der Waals surface area contributed by atoms with E-state index in [1.54, 1.807) is 0 Å². The molecule has 0 aromatic heterocycles. The van der Waals surface area contributed by atoms with Crippen molar-refractivity contribution < 1.29 is 0 Å². The zero-order chi connectivity index (χ0) is 15.4. The second kappa shape index (κ2) is 6.55. The van der Waals surface area contributed by atoms with Crippen LogP contribution in [0.4, 0.5) is 0 Å². The fourth-order valence-electron chi connectivity index (χ4n) is 2.47. The number of nitrogen functional groups attached to an aromatic ring is 1. The summed E-state index contributed by atoms with van der Waals surface area (Å²) < 4.78 is 0. The van der Waals surface area contributed by atoms with Crippen LogP contribution in [0, 0.1) is 19.3 Å². The largest absolute Gasteiger partial charge is 0.384 e. The summed E-state index contributed by atoms with van der Waals surface area (Å²) in [5.41, 5.74) is 11.5. The number of hydrogen-bond acceptors (Lipinski definition) is 2. The van der Waals surface area contributed by atoms with Crippen molar-refractivity contribution >= 4 is 5.84 Å². The molecule has 0 bridgehead atoms. The minimum absolute atomic E-state index is 0.119. The van der Waals surface area contributed by atoms with Crippen molar-refractivity contribution in [3.8, 4) is 0 Å². The van der Waals surface area contributed by atoms with Gasteiger partial charge in [-0.05, 0) is 43.7 Å². The van der Waals surface area contributed by atoms with Crippen molar-refractivity contribution in [1.29, 1.82) is 5.41 Å². The second-order valence-corrected chi connectivity index (χ2v) is 5.72. The average Bonchev–Trinajstić information content (AvgIpc) is 2.43. The lowest BCUT2D eigenvalue weighted by atomic mass is 10.0. The van der Waals surface area contributed by atoms with Crippen LogP contribution < -0.4 is 5.73 Å². The Morgan fingerprint density at radius 2 is 1.86 bits per heavy atom. The first-order chi connectivity index (χ1) is 9.95. The molecule has 2 aromatic carbocycles. The summed E-state index contributed by atoms with van der Waals surface area (Å²) in [4.78, 5) is 2.28.